The van der Waals surface area contributed by atoms with Crippen molar-refractivity contribution in [2.75, 3.05) is 6.61 Å². The van der Waals surface area contributed by atoms with E-state index in [9.17, 15) is 4.79 Å². The number of hydrogen-bond donors (Lipinski definition) is 0. The Morgan fingerprint density at radius 1 is 1.42 bits per heavy atom. The van der Waals surface area contributed by atoms with Gasteiger partial charge in [-0.2, -0.15) is 0 Å². The Hall–Kier alpha value is -0.790. The van der Waals surface area contributed by atoms with Gasteiger partial charge in [0.05, 0.1) is 12.9 Å². The minimum Gasteiger partial charge on any atom is -0.501 e. The molecule has 12 heavy (non-hydrogen) atoms. The molecule has 0 heterocycles. The Balaban J connectivity index is 3.54. The molecule has 0 radical (unpaired) electrons. The Labute approximate surface area is 74.6 Å². The molecule has 0 rings (SSSR count). The van der Waals surface area contributed by atoms with E-state index in [2.05, 4.69) is 6.92 Å². The molecular weight excluding hydrogens is 152 g/mol. The summed E-state index contributed by atoms with van der Waals surface area (Å²) >= 11 is 0. The van der Waals surface area contributed by atoms with Gasteiger partial charge in [0.25, 0.3) is 0 Å². The molecule has 0 bridgehead atoms. The van der Waals surface area contributed by atoms with Crippen LogP contribution in [-0.4, -0.2) is 12.9 Å². The standard InChI is InChI=1S/C10H18O2/c1-3-5-8-12-9-10(4-2)6-7-11/h7,9H,3-6,8H2,1-2H3. The van der Waals surface area contributed by atoms with Crippen LogP contribution in [0.4, 0.5) is 0 Å². The second kappa shape index (κ2) is 8.31. The maximum atomic E-state index is 10.2. The summed E-state index contributed by atoms with van der Waals surface area (Å²) in [7, 11) is 0. The number of rotatable bonds is 7. The number of carbonyl (C=O) groups excluding carboxylic acids is 1. The molecule has 0 aromatic rings. The van der Waals surface area contributed by atoms with Gasteiger partial charge in [-0.3, -0.25) is 0 Å². The molecule has 0 amide bonds. The average molecular weight is 170 g/mol. The predicted octanol–water partition coefficient (Wildman–Crippen LogP) is 2.69. The third kappa shape index (κ3) is 5.96. The molecule has 0 aromatic heterocycles. The lowest BCUT2D eigenvalue weighted by molar-refractivity contribution is -0.107. The Morgan fingerprint density at radius 2 is 2.17 bits per heavy atom. The van der Waals surface area contributed by atoms with Crippen molar-refractivity contribution in [1.82, 2.24) is 0 Å². The van der Waals surface area contributed by atoms with Gasteiger partial charge in [-0.05, 0) is 18.4 Å². The van der Waals surface area contributed by atoms with Crippen LogP contribution in [-0.2, 0) is 9.53 Å². The first-order chi connectivity index (χ1) is 5.85. The van der Waals surface area contributed by atoms with Gasteiger partial charge in [0.15, 0.2) is 0 Å². The largest absolute Gasteiger partial charge is 0.501 e. The van der Waals surface area contributed by atoms with E-state index in [-0.39, 0.29) is 0 Å². The van der Waals surface area contributed by atoms with Gasteiger partial charge in [-0.25, -0.2) is 0 Å². The van der Waals surface area contributed by atoms with E-state index in [0.717, 1.165) is 37.7 Å². The zero-order valence-electron chi connectivity index (χ0n) is 8.01. The summed E-state index contributed by atoms with van der Waals surface area (Å²) in [6, 6.07) is 0. The van der Waals surface area contributed by atoms with Crippen molar-refractivity contribution in [2.24, 2.45) is 0 Å². The molecule has 0 fully saturated rings. The van der Waals surface area contributed by atoms with E-state index >= 15 is 0 Å². The molecule has 0 aromatic carbocycles. The number of allylic oxidation sites excluding steroid dienone is 1. The summed E-state index contributed by atoms with van der Waals surface area (Å²) in [6.07, 6.45) is 6.26. The highest BCUT2D eigenvalue weighted by molar-refractivity contribution is 5.53. The number of carbonyl (C=O) groups is 1. The van der Waals surface area contributed by atoms with E-state index < -0.39 is 0 Å². The van der Waals surface area contributed by atoms with Gasteiger partial charge in [0, 0.05) is 6.42 Å². The van der Waals surface area contributed by atoms with E-state index in [1.165, 1.54) is 0 Å². The van der Waals surface area contributed by atoms with Gasteiger partial charge in [0.1, 0.15) is 6.29 Å². The lowest BCUT2D eigenvalue weighted by Crippen LogP contribution is -1.89. The monoisotopic (exact) mass is 170 g/mol. The summed E-state index contributed by atoms with van der Waals surface area (Å²) in [6.45, 7) is 4.91. The van der Waals surface area contributed by atoms with Crippen LogP contribution < -0.4 is 0 Å². The van der Waals surface area contributed by atoms with E-state index in [4.69, 9.17) is 4.74 Å². The van der Waals surface area contributed by atoms with Crippen molar-refractivity contribution in [2.45, 2.75) is 39.5 Å². The summed E-state index contributed by atoms with van der Waals surface area (Å²) in [4.78, 5) is 10.2. The lowest BCUT2D eigenvalue weighted by Gasteiger charge is -2.01. The summed E-state index contributed by atoms with van der Waals surface area (Å²) in [5, 5.41) is 0. The van der Waals surface area contributed by atoms with Crippen molar-refractivity contribution in [3.8, 4) is 0 Å². The van der Waals surface area contributed by atoms with Crippen LogP contribution in [0.1, 0.15) is 39.5 Å². The smallest absolute Gasteiger partial charge is 0.124 e. The molecule has 70 valence electrons. The predicted molar refractivity (Wildman–Crippen MR) is 49.9 cm³/mol. The Bertz CT molecular complexity index is 139. The Morgan fingerprint density at radius 3 is 2.67 bits per heavy atom. The molecule has 0 unspecified atom stereocenters. The molecule has 0 saturated carbocycles. The summed E-state index contributed by atoms with van der Waals surface area (Å²) in [5.41, 5.74) is 1.07. The van der Waals surface area contributed by atoms with Gasteiger partial charge >= 0.3 is 0 Å². The molecule has 0 aliphatic heterocycles. The number of ether oxygens (including phenoxy) is 1. The second-order valence-corrected chi connectivity index (χ2v) is 2.72. The molecule has 0 aliphatic rings. The zero-order valence-corrected chi connectivity index (χ0v) is 8.01. The fourth-order valence-electron chi connectivity index (χ4n) is 0.787. The van der Waals surface area contributed by atoms with Gasteiger partial charge < -0.3 is 9.53 Å². The molecule has 0 atom stereocenters. The normalized spacial score (nSPS) is 11.3. The number of unbranched alkanes of at least 4 members (excludes halogenated alkanes) is 1. The minimum absolute atomic E-state index is 0.503. The highest BCUT2D eigenvalue weighted by Crippen LogP contribution is 2.04. The molecule has 0 N–H and O–H groups in total. The minimum atomic E-state index is 0.503. The summed E-state index contributed by atoms with van der Waals surface area (Å²) < 4.78 is 5.26. The van der Waals surface area contributed by atoms with Crippen molar-refractivity contribution in [3.63, 3.8) is 0 Å². The van der Waals surface area contributed by atoms with Crippen LogP contribution >= 0.6 is 0 Å². The highest BCUT2D eigenvalue weighted by atomic mass is 16.5. The number of hydrogen-bond acceptors (Lipinski definition) is 2. The lowest BCUT2D eigenvalue weighted by atomic mass is 10.2. The van der Waals surface area contributed by atoms with Crippen molar-refractivity contribution in [3.05, 3.63) is 11.8 Å². The third-order valence-electron chi connectivity index (χ3n) is 1.67. The Kier molecular flexibility index (Phi) is 7.76. The zero-order chi connectivity index (χ0) is 9.23. The average Bonchev–Trinajstić information content (AvgIpc) is 2.10. The molecule has 2 nitrogen and oxygen atoms in total. The fourth-order valence-corrected chi connectivity index (χ4v) is 0.787. The second-order valence-electron chi connectivity index (χ2n) is 2.72. The highest BCUT2D eigenvalue weighted by Gasteiger charge is 1.92. The van der Waals surface area contributed by atoms with E-state index in [1.807, 2.05) is 6.92 Å². The van der Waals surface area contributed by atoms with Crippen LogP contribution in [0.25, 0.3) is 0 Å². The van der Waals surface area contributed by atoms with Crippen LogP contribution in [0.15, 0.2) is 11.8 Å². The van der Waals surface area contributed by atoms with Crippen molar-refractivity contribution in [1.29, 1.82) is 0 Å². The van der Waals surface area contributed by atoms with Crippen LogP contribution in [0.5, 0.6) is 0 Å². The van der Waals surface area contributed by atoms with E-state index in [0.29, 0.717) is 6.42 Å². The van der Waals surface area contributed by atoms with Gasteiger partial charge in [-0.15, -0.1) is 0 Å². The fraction of sp³-hybridized carbons (Fsp3) is 0.700. The summed E-state index contributed by atoms with van der Waals surface area (Å²) in [5.74, 6) is 0. The van der Waals surface area contributed by atoms with Gasteiger partial charge in [0.2, 0.25) is 0 Å². The molecule has 0 saturated heterocycles. The molecule has 0 spiro atoms. The maximum Gasteiger partial charge on any atom is 0.124 e. The van der Waals surface area contributed by atoms with Crippen LogP contribution in [0, 0.1) is 0 Å². The topological polar surface area (TPSA) is 26.3 Å². The molecule has 2 heteroatoms. The van der Waals surface area contributed by atoms with Gasteiger partial charge in [-0.1, -0.05) is 20.3 Å². The first-order valence-electron chi connectivity index (χ1n) is 4.58. The molecule has 0 aliphatic carbocycles. The van der Waals surface area contributed by atoms with Crippen LogP contribution in [0.3, 0.4) is 0 Å². The maximum absolute atomic E-state index is 10.2. The first-order valence-corrected chi connectivity index (χ1v) is 4.58. The third-order valence-corrected chi connectivity index (χ3v) is 1.67. The quantitative estimate of drug-likeness (QED) is 0.333. The molecular formula is C10H18O2. The number of aldehydes is 1. The van der Waals surface area contributed by atoms with Crippen molar-refractivity contribution < 1.29 is 9.53 Å². The SMILES string of the molecule is CCCCOC=C(CC)CC=O. The van der Waals surface area contributed by atoms with E-state index in [1.54, 1.807) is 6.26 Å². The van der Waals surface area contributed by atoms with Crippen LogP contribution in [0.2, 0.25) is 0 Å². The van der Waals surface area contributed by atoms with Crippen molar-refractivity contribution >= 4 is 6.29 Å². The first kappa shape index (κ1) is 11.2.